The van der Waals surface area contributed by atoms with Crippen LogP contribution < -0.4 is 10.1 Å². The Hall–Kier alpha value is -2.35. The smallest absolute Gasteiger partial charge is 0.269 e. The van der Waals surface area contributed by atoms with Crippen LogP contribution in [0.2, 0.25) is 0 Å². The second kappa shape index (κ2) is 8.35. The van der Waals surface area contributed by atoms with Crippen LogP contribution in [0.1, 0.15) is 61.0 Å². The third kappa shape index (κ3) is 4.24. The second-order valence-electron chi connectivity index (χ2n) is 6.74. The first-order valence-corrected chi connectivity index (χ1v) is 9.10. The molecular weight excluding hydrogens is 336 g/mol. The SMILES string of the molecule is CCC(C)C(Oc1cc(C(=O)NC2CCOCC2)[nH]n1)c1cnoc1C. The molecule has 0 radical (unpaired) electrons. The van der Waals surface area contributed by atoms with Crippen molar-refractivity contribution in [3.63, 3.8) is 0 Å². The summed E-state index contributed by atoms with van der Waals surface area (Å²) in [5.74, 6) is 1.17. The van der Waals surface area contributed by atoms with Gasteiger partial charge in [0.25, 0.3) is 5.91 Å². The first kappa shape index (κ1) is 18.4. The molecule has 142 valence electrons. The molecule has 2 N–H and O–H groups in total. The molecule has 1 aliphatic heterocycles. The molecule has 0 bridgehead atoms. The normalized spacial score (nSPS) is 17.7. The lowest BCUT2D eigenvalue weighted by Gasteiger charge is -2.22. The molecule has 2 unspecified atom stereocenters. The van der Waals surface area contributed by atoms with Crippen LogP contribution in [-0.2, 0) is 4.74 Å². The van der Waals surface area contributed by atoms with Gasteiger partial charge in [-0.3, -0.25) is 9.89 Å². The Kier molecular flexibility index (Phi) is 5.92. The van der Waals surface area contributed by atoms with Crippen molar-refractivity contribution >= 4 is 5.91 Å². The fourth-order valence-electron chi connectivity index (χ4n) is 3.00. The quantitative estimate of drug-likeness (QED) is 0.785. The Morgan fingerprint density at radius 1 is 1.46 bits per heavy atom. The molecule has 1 amide bonds. The summed E-state index contributed by atoms with van der Waals surface area (Å²) < 4.78 is 16.6. The van der Waals surface area contributed by atoms with Gasteiger partial charge in [-0.05, 0) is 32.1 Å². The molecule has 8 heteroatoms. The van der Waals surface area contributed by atoms with E-state index in [0.717, 1.165) is 30.6 Å². The van der Waals surface area contributed by atoms with E-state index in [2.05, 4.69) is 34.5 Å². The predicted octanol–water partition coefficient (Wildman–Crippen LogP) is 2.78. The highest BCUT2D eigenvalue weighted by Gasteiger charge is 2.26. The minimum Gasteiger partial charge on any atom is -0.468 e. The Balaban J connectivity index is 1.67. The topological polar surface area (TPSA) is 102 Å². The van der Waals surface area contributed by atoms with E-state index < -0.39 is 0 Å². The maximum atomic E-state index is 12.4. The number of rotatable bonds is 7. The summed E-state index contributed by atoms with van der Waals surface area (Å²) in [6.45, 7) is 7.41. The van der Waals surface area contributed by atoms with Gasteiger partial charge < -0.3 is 19.3 Å². The number of ether oxygens (including phenoxy) is 2. The lowest BCUT2D eigenvalue weighted by Crippen LogP contribution is -2.39. The number of nitrogens with one attached hydrogen (secondary N) is 2. The number of hydrogen-bond acceptors (Lipinski definition) is 6. The zero-order chi connectivity index (χ0) is 18.5. The fraction of sp³-hybridized carbons (Fsp3) is 0.611. The molecule has 3 heterocycles. The lowest BCUT2D eigenvalue weighted by atomic mass is 9.96. The van der Waals surface area contributed by atoms with Crippen LogP contribution in [0.15, 0.2) is 16.8 Å². The van der Waals surface area contributed by atoms with Gasteiger partial charge in [0.1, 0.15) is 17.6 Å². The van der Waals surface area contributed by atoms with Gasteiger partial charge in [-0.2, -0.15) is 0 Å². The monoisotopic (exact) mass is 362 g/mol. The van der Waals surface area contributed by atoms with Crippen LogP contribution in [-0.4, -0.2) is 40.5 Å². The van der Waals surface area contributed by atoms with Gasteiger partial charge in [0.05, 0.1) is 11.8 Å². The fourth-order valence-corrected chi connectivity index (χ4v) is 3.00. The number of aromatic nitrogens is 3. The highest BCUT2D eigenvalue weighted by molar-refractivity contribution is 5.92. The Morgan fingerprint density at radius 3 is 2.88 bits per heavy atom. The first-order chi connectivity index (χ1) is 12.6. The summed E-state index contributed by atoms with van der Waals surface area (Å²) in [5.41, 5.74) is 1.28. The van der Waals surface area contributed by atoms with Crippen molar-refractivity contribution in [1.82, 2.24) is 20.7 Å². The van der Waals surface area contributed by atoms with Gasteiger partial charge in [-0.25, -0.2) is 0 Å². The van der Waals surface area contributed by atoms with Crippen LogP contribution in [0.25, 0.3) is 0 Å². The summed E-state index contributed by atoms with van der Waals surface area (Å²) in [6, 6.07) is 1.77. The number of carbonyl (C=O) groups excluding carboxylic acids is 1. The van der Waals surface area contributed by atoms with Gasteiger partial charge in [0.15, 0.2) is 0 Å². The largest absolute Gasteiger partial charge is 0.468 e. The van der Waals surface area contributed by atoms with Gasteiger partial charge in [0, 0.05) is 25.3 Å². The Bertz CT molecular complexity index is 720. The highest BCUT2D eigenvalue weighted by Crippen LogP contribution is 2.31. The summed E-state index contributed by atoms with van der Waals surface area (Å²) in [7, 11) is 0. The van der Waals surface area contributed by atoms with E-state index in [1.54, 1.807) is 12.3 Å². The van der Waals surface area contributed by atoms with Crippen molar-refractivity contribution in [2.45, 2.75) is 52.2 Å². The number of carbonyl (C=O) groups is 1. The summed E-state index contributed by atoms with van der Waals surface area (Å²) in [4.78, 5) is 12.4. The first-order valence-electron chi connectivity index (χ1n) is 9.10. The van der Waals surface area contributed by atoms with Crippen LogP contribution in [0.3, 0.4) is 0 Å². The van der Waals surface area contributed by atoms with Gasteiger partial charge in [-0.1, -0.05) is 19.0 Å². The molecule has 26 heavy (non-hydrogen) atoms. The number of H-pyrrole nitrogens is 1. The zero-order valence-corrected chi connectivity index (χ0v) is 15.4. The van der Waals surface area contributed by atoms with Crippen LogP contribution in [0.5, 0.6) is 5.88 Å². The minimum atomic E-state index is -0.235. The minimum absolute atomic E-state index is 0.136. The van der Waals surface area contributed by atoms with Gasteiger partial charge in [-0.15, -0.1) is 5.10 Å². The van der Waals surface area contributed by atoms with Crippen molar-refractivity contribution in [1.29, 1.82) is 0 Å². The van der Waals surface area contributed by atoms with Crippen LogP contribution >= 0.6 is 0 Å². The number of aryl methyl sites for hydroxylation is 1. The third-order valence-corrected chi connectivity index (χ3v) is 4.86. The summed E-state index contributed by atoms with van der Waals surface area (Å²) in [5, 5.41) is 13.7. The Labute approximate surface area is 152 Å². The van der Waals surface area contributed by atoms with Crippen molar-refractivity contribution in [2.24, 2.45) is 5.92 Å². The van der Waals surface area contributed by atoms with Crippen molar-refractivity contribution in [3.05, 3.63) is 29.3 Å². The van der Waals surface area contributed by atoms with Crippen molar-refractivity contribution in [2.75, 3.05) is 13.2 Å². The number of amides is 1. The van der Waals surface area contributed by atoms with Gasteiger partial charge in [0.2, 0.25) is 5.88 Å². The highest BCUT2D eigenvalue weighted by atomic mass is 16.5. The molecule has 1 fully saturated rings. The maximum Gasteiger partial charge on any atom is 0.269 e. The van der Waals surface area contributed by atoms with E-state index in [1.165, 1.54) is 0 Å². The second-order valence-corrected chi connectivity index (χ2v) is 6.74. The Morgan fingerprint density at radius 2 is 2.23 bits per heavy atom. The van der Waals surface area contributed by atoms with Crippen molar-refractivity contribution < 1.29 is 18.8 Å². The molecule has 2 atom stereocenters. The van der Waals surface area contributed by atoms with E-state index in [1.807, 2.05) is 6.92 Å². The molecule has 0 saturated carbocycles. The van der Waals surface area contributed by atoms with Gasteiger partial charge >= 0.3 is 0 Å². The number of hydrogen-bond donors (Lipinski definition) is 2. The molecule has 1 saturated heterocycles. The molecule has 3 rings (SSSR count). The van der Waals surface area contributed by atoms with E-state index >= 15 is 0 Å². The standard InChI is InChI=1S/C18H26N4O4/c1-4-11(2)17(14-10-19-26-12(14)3)25-16-9-15(21-22-16)18(23)20-13-5-7-24-8-6-13/h9-11,13,17H,4-8H2,1-3H3,(H,20,23)(H,21,22). The summed E-state index contributed by atoms with van der Waals surface area (Å²) >= 11 is 0. The van der Waals surface area contributed by atoms with E-state index in [-0.39, 0.29) is 24.0 Å². The van der Waals surface area contributed by atoms with E-state index in [4.69, 9.17) is 14.0 Å². The zero-order valence-electron chi connectivity index (χ0n) is 15.4. The van der Waals surface area contributed by atoms with Crippen molar-refractivity contribution in [3.8, 4) is 5.88 Å². The molecule has 0 aliphatic carbocycles. The lowest BCUT2D eigenvalue weighted by molar-refractivity contribution is 0.0694. The van der Waals surface area contributed by atoms with E-state index in [0.29, 0.717) is 24.8 Å². The molecule has 2 aromatic rings. The molecule has 0 aromatic carbocycles. The molecular formula is C18H26N4O4. The van der Waals surface area contributed by atoms with Crippen LogP contribution in [0, 0.1) is 12.8 Å². The average Bonchev–Trinajstić information content (AvgIpc) is 3.29. The van der Waals surface area contributed by atoms with E-state index in [9.17, 15) is 4.79 Å². The molecule has 0 spiro atoms. The average molecular weight is 362 g/mol. The summed E-state index contributed by atoms with van der Waals surface area (Å²) in [6.07, 6.45) is 4.02. The van der Waals surface area contributed by atoms with Crippen LogP contribution in [0.4, 0.5) is 0 Å². The predicted molar refractivity (Wildman–Crippen MR) is 94.0 cm³/mol. The molecule has 8 nitrogen and oxygen atoms in total. The maximum absolute atomic E-state index is 12.4. The third-order valence-electron chi connectivity index (χ3n) is 4.86. The molecule has 1 aliphatic rings. The molecule has 2 aromatic heterocycles. The number of nitrogens with zero attached hydrogens (tertiary/aromatic N) is 2. The number of aromatic amines is 1.